The van der Waals surface area contributed by atoms with E-state index in [1.807, 2.05) is 79.0 Å². The number of allylic oxidation sites excluding steroid dienone is 1. The Kier molecular flexibility index (Phi) is 5.85. The summed E-state index contributed by atoms with van der Waals surface area (Å²) < 4.78 is 2.37. The lowest BCUT2D eigenvalue weighted by atomic mass is 9.83. The number of Topliss-reactive ketones (excluding diaryl/α,β-unsaturated/α-hetero) is 2. The zero-order valence-electron chi connectivity index (χ0n) is 25.1. The predicted molar refractivity (Wildman–Crippen MR) is 190 cm³/mol. The summed E-state index contributed by atoms with van der Waals surface area (Å²) in [7, 11) is 0. The zero-order valence-corrected chi connectivity index (χ0v) is 26.7. The van der Waals surface area contributed by atoms with Crippen LogP contribution < -0.4 is 4.90 Å². The van der Waals surface area contributed by atoms with Crippen LogP contribution in [0.1, 0.15) is 50.6 Å². The highest BCUT2D eigenvalue weighted by atomic mass is 32.1. The quantitative estimate of drug-likeness (QED) is 0.143. The lowest BCUT2D eigenvalue weighted by Gasteiger charge is -2.27. The first-order chi connectivity index (χ1) is 22.4. The summed E-state index contributed by atoms with van der Waals surface area (Å²) in [5.41, 5.74) is 6.78. The normalized spacial score (nSPS) is 14.5. The highest BCUT2D eigenvalue weighted by Gasteiger charge is 2.41. The summed E-state index contributed by atoms with van der Waals surface area (Å²) in [5, 5.41) is 1.93. The fraction of sp³-hybridized carbons (Fsp3) is 0.0750. The van der Waals surface area contributed by atoms with E-state index in [9.17, 15) is 9.59 Å². The van der Waals surface area contributed by atoms with Crippen molar-refractivity contribution in [2.45, 2.75) is 19.3 Å². The van der Waals surface area contributed by atoms with Crippen LogP contribution in [0.3, 0.4) is 0 Å². The van der Waals surface area contributed by atoms with Gasteiger partial charge in [-0.05, 0) is 76.5 Å². The van der Waals surface area contributed by atoms with Crippen molar-refractivity contribution < 1.29 is 9.59 Å². The van der Waals surface area contributed by atoms with Gasteiger partial charge in [-0.15, -0.1) is 22.7 Å². The summed E-state index contributed by atoms with van der Waals surface area (Å²) in [4.78, 5) is 36.3. The molecule has 9 rings (SSSR count). The molecule has 0 saturated heterocycles. The Hall–Kier alpha value is -5.17. The molecule has 6 heteroatoms. The number of anilines is 3. The molecule has 0 spiro atoms. The Bertz CT molecular complexity index is 2340. The molecule has 0 bridgehead atoms. The molecule has 0 aliphatic heterocycles. The highest BCUT2D eigenvalue weighted by molar-refractivity contribution is 7.30. The van der Waals surface area contributed by atoms with Gasteiger partial charge in [0.05, 0.1) is 10.3 Å². The summed E-state index contributed by atoms with van der Waals surface area (Å²) in [6.07, 6.45) is 3.82. The second-order valence-electron chi connectivity index (χ2n) is 12.3. The van der Waals surface area contributed by atoms with Crippen LogP contribution in [0, 0.1) is 0 Å². The van der Waals surface area contributed by atoms with Crippen molar-refractivity contribution in [1.82, 2.24) is 4.98 Å². The molecule has 220 valence electrons. The number of rotatable bonds is 4. The van der Waals surface area contributed by atoms with Crippen LogP contribution in [0.2, 0.25) is 0 Å². The van der Waals surface area contributed by atoms with E-state index in [4.69, 9.17) is 4.98 Å². The molecule has 4 nitrogen and oxygen atoms in total. The van der Waals surface area contributed by atoms with Crippen LogP contribution in [0.15, 0.2) is 121 Å². The Balaban J connectivity index is 1.11. The molecular formula is C40H26N2O2S2. The van der Waals surface area contributed by atoms with Gasteiger partial charge in [-0.25, -0.2) is 4.98 Å². The predicted octanol–water partition coefficient (Wildman–Crippen LogP) is 10.7. The number of carbonyl (C=O) groups excluding carboxylic acids is 2. The van der Waals surface area contributed by atoms with E-state index < -0.39 is 0 Å². The highest BCUT2D eigenvalue weighted by Crippen LogP contribution is 2.57. The Morgan fingerprint density at radius 1 is 0.696 bits per heavy atom. The van der Waals surface area contributed by atoms with Crippen molar-refractivity contribution in [2.24, 2.45) is 0 Å². The largest absolute Gasteiger partial charge is 0.295 e. The van der Waals surface area contributed by atoms with Crippen molar-refractivity contribution in [2.75, 3.05) is 4.90 Å². The van der Waals surface area contributed by atoms with E-state index in [0.717, 1.165) is 32.8 Å². The number of hydrogen-bond donors (Lipinski definition) is 0. The van der Waals surface area contributed by atoms with Crippen LogP contribution in [0.4, 0.5) is 17.2 Å². The Morgan fingerprint density at radius 3 is 1.89 bits per heavy atom. The second kappa shape index (κ2) is 9.91. The standard InChI is InChI=1S/C40H26N2O2S2/c1-40(2)32-21-34(42(25-13-5-3-6-14-25)26-15-7-4-8-16-26)41-22-31(32)38-35(40)39-33(46-38)20-27(45-39)19-30-36(43)28-17-23-11-9-10-12-24(23)18-29(28)37(30)44/h3-22H,1-2H3. The number of fused-ring (bicyclic) bond motifs is 7. The first-order valence-electron chi connectivity index (χ1n) is 15.2. The molecule has 0 N–H and O–H groups in total. The summed E-state index contributed by atoms with van der Waals surface area (Å²) >= 11 is 3.42. The van der Waals surface area contributed by atoms with Gasteiger partial charge in [0.1, 0.15) is 5.82 Å². The van der Waals surface area contributed by atoms with Crippen molar-refractivity contribution in [3.8, 4) is 10.4 Å². The molecule has 0 radical (unpaired) electrons. The lowest BCUT2D eigenvalue weighted by molar-refractivity contribution is 0.0990. The third-order valence-corrected chi connectivity index (χ3v) is 11.6. The zero-order chi connectivity index (χ0) is 31.2. The minimum atomic E-state index is -0.260. The van der Waals surface area contributed by atoms with Crippen LogP contribution >= 0.6 is 22.7 Å². The Labute approximate surface area is 273 Å². The fourth-order valence-corrected chi connectivity index (χ4v) is 9.91. The van der Waals surface area contributed by atoms with Crippen molar-refractivity contribution in [1.29, 1.82) is 0 Å². The van der Waals surface area contributed by atoms with E-state index in [1.54, 1.807) is 28.7 Å². The van der Waals surface area contributed by atoms with Crippen LogP contribution in [0.5, 0.6) is 0 Å². The summed E-state index contributed by atoms with van der Waals surface area (Å²) in [6.45, 7) is 4.57. The molecule has 0 unspecified atom stereocenters. The first-order valence-corrected chi connectivity index (χ1v) is 16.8. The molecule has 0 saturated carbocycles. The number of nitrogens with zero attached hydrogens (tertiary/aromatic N) is 2. The van der Waals surface area contributed by atoms with Gasteiger partial charge in [-0.1, -0.05) is 74.5 Å². The summed E-state index contributed by atoms with van der Waals surface area (Å²) in [5.74, 6) is 0.485. The monoisotopic (exact) mass is 630 g/mol. The third-order valence-electron chi connectivity index (χ3n) is 9.22. The summed E-state index contributed by atoms with van der Waals surface area (Å²) in [6, 6.07) is 36.6. The van der Waals surface area contributed by atoms with Gasteiger partial charge in [-0.3, -0.25) is 14.5 Å². The lowest BCUT2D eigenvalue weighted by Crippen LogP contribution is -2.17. The van der Waals surface area contributed by atoms with E-state index in [0.29, 0.717) is 11.1 Å². The number of pyridine rings is 1. The smallest absolute Gasteiger partial charge is 0.197 e. The number of benzene rings is 4. The number of para-hydroxylation sites is 2. The molecule has 0 amide bonds. The average molecular weight is 631 g/mol. The average Bonchev–Trinajstić information content (AvgIpc) is 3.76. The van der Waals surface area contributed by atoms with Crippen LogP contribution in [-0.4, -0.2) is 16.6 Å². The van der Waals surface area contributed by atoms with Crippen LogP contribution in [-0.2, 0) is 5.41 Å². The maximum Gasteiger partial charge on any atom is 0.197 e. The number of aromatic nitrogens is 1. The molecule has 7 aromatic rings. The maximum absolute atomic E-state index is 13.4. The first kappa shape index (κ1) is 27.2. The second-order valence-corrected chi connectivity index (χ2v) is 14.5. The van der Waals surface area contributed by atoms with Gasteiger partial charge in [-0.2, -0.15) is 0 Å². The van der Waals surface area contributed by atoms with E-state index in [1.165, 1.54) is 31.0 Å². The van der Waals surface area contributed by atoms with Gasteiger partial charge in [0.2, 0.25) is 0 Å². The third kappa shape index (κ3) is 3.94. The minimum Gasteiger partial charge on any atom is -0.295 e. The topological polar surface area (TPSA) is 50.3 Å². The molecule has 4 aromatic carbocycles. The molecule has 3 heterocycles. The van der Waals surface area contributed by atoms with E-state index in [2.05, 4.69) is 55.1 Å². The van der Waals surface area contributed by atoms with Gasteiger partial charge in [0.25, 0.3) is 0 Å². The molecular weight excluding hydrogens is 605 g/mol. The minimum absolute atomic E-state index is 0.194. The molecule has 0 atom stereocenters. The molecule has 46 heavy (non-hydrogen) atoms. The van der Waals surface area contributed by atoms with E-state index in [-0.39, 0.29) is 22.6 Å². The number of thiophene rings is 2. The Morgan fingerprint density at radius 2 is 1.28 bits per heavy atom. The number of carbonyl (C=O) groups is 2. The van der Waals surface area contributed by atoms with Gasteiger partial charge in [0.15, 0.2) is 11.6 Å². The molecule has 3 aromatic heterocycles. The maximum atomic E-state index is 13.4. The molecule has 0 fully saturated rings. The fourth-order valence-electron chi connectivity index (χ4n) is 6.98. The number of hydrogen-bond acceptors (Lipinski definition) is 6. The van der Waals surface area contributed by atoms with Gasteiger partial charge >= 0.3 is 0 Å². The number of ketones is 2. The van der Waals surface area contributed by atoms with Crippen molar-refractivity contribution in [3.63, 3.8) is 0 Å². The SMILES string of the molecule is CC1(C)c2cc(N(c3ccccc3)c3ccccc3)ncc2-c2sc3cc(C=C4C(=O)c5cc6ccccc6cc5C4=O)sc3c21. The van der Waals surface area contributed by atoms with E-state index >= 15 is 0 Å². The van der Waals surface area contributed by atoms with Crippen molar-refractivity contribution in [3.05, 3.63) is 148 Å². The van der Waals surface area contributed by atoms with Crippen molar-refractivity contribution >= 4 is 77.7 Å². The van der Waals surface area contributed by atoms with Crippen LogP contribution in [0.25, 0.3) is 36.7 Å². The molecule has 2 aliphatic carbocycles. The van der Waals surface area contributed by atoms with Gasteiger partial charge in [0, 0.05) is 54.1 Å². The molecule has 2 aliphatic rings. The van der Waals surface area contributed by atoms with Gasteiger partial charge < -0.3 is 0 Å².